The number of phenolic OH excluding ortho intramolecular Hbond substituents is 1. The summed E-state index contributed by atoms with van der Waals surface area (Å²) in [5, 5.41) is 23.2. The van der Waals surface area contributed by atoms with E-state index in [1.165, 1.54) is 18.6 Å². The van der Waals surface area contributed by atoms with Crippen molar-refractivity contribution in [3.05, 3.63) is 75.4 Å². The molecule has 0 spiro atoms. The SMILES string of the molecule is CC(=O)C1C(=O)[C@@]2(O)C(=O)C3C(=O)c4c(O)ccc(C5=Cc6ccccc6C5)c4C[C@@]3(C)C[C@@]2(C)C(C(C)C)=C1C. The molecule has 0 aliphatic heterocycles. The highest BCUT2D eigenvalue weighted by Gasteiger charge is 2.73. The minimum atomic E-state index is -2.53. The van der Waals surface area contributed by atoms with Crippen molar-refractivity contribution in [2.75, 3.05) is 0 Å². The molecule has 212 valence electrons. The normalized spacial score (nSPS) is 32.4. The van der Waals surface area contributed by atoms with Gasteiger partial charge >= 0.3 is 0 Å². The monoisotopic (exact) mass is 552 g/mol. The lowest BCUT2D eigenvalue weighted by Crippen LogP contribution is -2.73. The molecule has 1 fully saturated rings. The molecule has 4 aliphatic rings. The molecule has 0 bridgehead atoms. The van der Waals surface area contributed by atoms with E-state index in [9.17, 15) is 29.4 Å². The van der Waals surface area contributed by atoms with Crippen LogP contribution in [-0.2, 0) is 27.2 Å². The van der Waals surface area contributed by atoms with Crippen molar-refractivity contribution in [2.24, 2.45) is 28.6 Å². The van der Waals surface area contributed by atoms with Crippen LogP contribution in [0, 0.1) is 28.6 Å². The number of fused-ring (bicyclic) bond motifs is 4. The van der Waals surface area contributed by atoms with Gasteiger partial charge in [0.05, 0.1) is 11.5 Å². The lowest BCUT2D eigenvalue weighted by molar-refractivity contribution is -0.183. The Kier molecular flexibility index (Phi) is 5.83. The molecule has 2 unspecified atom stereocenters. The first kappa shape index (κ1) is 27.5. The number of phenols is 1. The second-order valence-electron chi connectivity index (χ2n) is 13.4. The molecule has 41 heavy (non-hydrogen) atoms. The van der Waals surface area contributed by atoms with Crippen molar-refractivity contribution in [3.63, 3.8) is 0 Å². The van der Waals surface area contributed by atoms with E-state index in [1.54, 1.807) is 13.8 Å². The van der Waals surface area contributed by atoms with Crippen LogP contribution < -0.4 is 0 Å². The number of rotatable bonds is 3. The summed E-state index contributed by atoms with van der Waals surface area (Å²) >= 11 is 0. The lowest BCUT2D eigenvalue weighted by atomic mass is 9.41. The quantitative estimate of drug-likeness (QED) is 0.394. The van der Waals surface area contributed by atoms with Crippen molar-refractivity contribution in [3.8, 4) is 5.75 Å². The van der Waals surface area contributed by atoms with Gasteiger partial charge in [-0.3, -0.25) is 19.2 Å². The van der Waals surface area contributed by atoms with Crippen LogP contribution in [-0.4, -0.2) is 38.9 Å². The van der Waals surface area contributed by atoms with Gasteiger partial charge in [-0.1, -0.05) is 75.2 Å². The molecule has 5 atom stereocenters. The van der Waals surface area contributed by atoms with Crippen molar-refractivity contribution in [1.29, 1.82) is 0 Å². The van der Waals surface area contributed by atoms with E-state index in [1.807, 2.05) is 39.0 Å². The third kappa shape index (κ3) is 3.40. The maximum Gasteiger partial charge on any atom is 0.192 e. The fourth-order valence-corrected chi connectivity index (χ4v) is 9.09. The highest BCUT2D eigenvalue weighted by Crippen LogP contribution is 2.64. The Morgan fingerprint density at radius 2 is 1.71 bits per heavy atom. The predicted octanol–water partition coefficient (Wildman–Crippen LogP) is 5.32. The standard InChI is InChI=1S/C35H36O6/c1-17(2)28-18(3)26(19(4)36)31(39)35(41)32(40)29-30(38)27-24(15-33(29,5)16-34(28,35)6)23(11-12-25(27)37)22-13-20-9-7-8-10-21(20)14-22/h7-13,17,26,29,37,41H,14-16H2,1-6H3/t26?,29?,33-,34-,35+/m0/s1. The first-order valence-corrected chi connectivity index (χ1v) is 14.4. The van der Waals surface area contributed by atoms with Crippen LogP contribution in [0.25, 0.3) is 11.6 Å². The number of carbonyl (C=O) groups excluding carboxylic acids is 4. The number of allylic oxidation sites excluding steroid dienone is 2. The molecule has 0 saturated heterocycles. The molecule has 1 saturated carbocycles. The van der Waals surface area contributed by atoms with Gasteiger partial charge in [0.1, 0.15) is 17.5 Å². The van der Waals surface area contributed by atoms with E-state index in [0.29, 0.717) is 24.0 Å². The Bertz CT molecular complexity index is 1660. The second-order valence-corrected chi connectivity index (χ2v) is 13.4. The van der Waals surface area contributed by atoms with E-state index in [0.717, 1.165) is 22.3 Å². The minimum Gasteiger partial charge on any atom is -0.507 e. The van der Waals surface area contributed by atoms with E-state index in [4.69, 9.17) is 0 Å². The van der Waals surface area contributed by atoms with Gasteiger partial charge in [-0.2, -0.15) is 0 Å². The summed E-state index contributed by atoms with van der Waals surface area (Å²) in [6.07, 6.45) is 3.33. The summed E-state index contributed by atoms with van der Waals surface area (Å²) in [6, 6.07) is 11.4. The minimum absolute atomic E-state index is 0.0876. The van der Waals surface area contributed by atoms with E-state index in [2.05, 4.69) is 18.2 Å². The third-order valence-electron chi connectivity index (χ3n) is 10.4. The second kappa shape index (κ2) is 8.68. The fourth-order valence-electron chi connectivity index (χ4n) is 9.09. The molecular formula is C35H36O6. The molecule has 6 rings (SSSR count). The van der Waals surface area contributed by atoms with Crippen LogP contribution in [0.4, 0.5) is 0 Å². The number of benzene rings is 2. The van der Waals surface area contributed by atoms with Gasteiger partial charge < -0.3 is 10.2 Å². The van der Waals surface area contributed by atoms with Gasteiger partial charge in [0.15, 0.2) is 23.0 Å². The lowest BCUT2D eigenvalue weighted by Gasteiger charge is -2.60. The Balaban J connectivity index is 1.55. The van der Waals surface area contributed by atoms with Crippen LogP contribution in [0.1, 0.15) is 80.6 Å². The van der Waals surface area contributed by atoms with Gasteiger partial charge in [0.25, 0.3) is 0 Å². The van der Waals surface area contributed by atoms with Crippen molar-refractivity contribution < 1.29 is 29.4 Å². The Morgan fingerprint density at radius 1 is 1.02 bits per heavy atom. The summed E-state index contributed by atoms with van der Waals surface area (Å²) < 4.78 is 0. The smallest absolute Gasteiger partial charge is 0.192 e. The maximum absolute atomic E-state index is 14.5. The van der Waals surface area contributed by atoms with Gasteiger partial charge in [-0.05, 0) is 78.3 Å². The number of aromatic hydroxyl groups is 1. The zero-order chi connectivity index (χ0) is 29.8. The van der Waals surface area contributed by atoms with Crippen LogP contribution in [0.5, 0.6) is 5.75 Å². The summed E-state index contributed by atoms with van der Waals surface area (Å²) in [4.78, 5) is 55.4. The van der Waals surface area contributed by atoms with Crippen LogP contribution in [0.3, 0.4) is 0 Å². The maximum atomic E-state index is 14.5. The Labute approximate surface area is 240 Å². The third-order valence-corrected chi connectivity index (χ3v) is 10.4. The highest BCUT2D eigenvalue weighted by molar-refractivity contribution is 6.27. The molecule has 0 radical (unpaired) electrons. The Morgan fingerprint density at radius 3 is 2.34 bits per heavy atom. The molecule has 0 aromatic heterocycles. The van der Waals surface area contributed by atoms with Crippen molar-refractivity contribution in [2.45, 2.75) is 66.4 Å². The van der Waals surface area contributed by atoms with E-state index < -0.39 is 51.4 Å². The van der Waals surface area contributed by atoms with Crippen LogP contribution in [0.15, 0.2) is 47.5 Å². The first-order chi connectivity index (χ1) is 19.2. The van der Waals surface area contributed by atoms with E-state index in [-0.39, 0.29) is 23.7 Å². The number of ketones is 4. The van der Waals surface area contributed by atoms with Gasteiger partial charge in [0.2, 0.25) is 0 Å². The molecule has 6 nitrogen and oxygen atoms in total. The number of hydrogen-bond donors (Lipinski definition) is 2. The molecule has 2 N–H and O–H groups in total. The molecule has 2 aromatic carbocycles. The Hall–Kier alpha value is -3.64. The zero-order valence-electron chi connectivity index (χ0n) is 24.4. The van der Waals surface area contributed by atoms with Crippen molar-refractivity contribution in [1.82, 2.24) is 0 Å². The van der Waals surface area contributed by atoms with Crippen molar-refractivity contribution >= 4 is 34.8 Å². The average Bonchev–Trinajstić information content (AvgIpc) is 3.30. The fraction of sp³-hybridized carbons (Fsp3) is 0.429. The molecule has 0 heterocycles. The molecule has 6 heteroatoms. The molecular weight excluding hydrogens is 516 g/mol. The number of carbonyl (C=O) groups is 4. The van der Waals surface area contributed by atoms with Gasteiger partial charge in [-0.15, -0.1) is 0 Å². The van der Waals surface area contributed by atoms with Crippen LogP contribution >= 0.6 is 0 Å². The molecule has 4 aliphatic carbocycles. The summed E-state index contributed by atoms with van der Waals surface area (Å²) in [5.41, 5.74) is 1.57. The largest absolute Gasteiger partial charge is 0.507 e. The summed E-state index contributed by atoms with van der Waals surface area (Å²) in [5.74, 6) is -5.63. The van der Waals surface area contributed by atoms with Gasteiger partial charge in [0, 0.05) is 5.41 Å². The molecule has 2 aromatic rings. The first-order valence-electron chi connectivity index (χ1n) is 14.4. The topological polar surface area (TPSA) is 109 Å². The van der Waals surface area contributed by atoms with E-state index >= 15 is 0 Å². The average molecular weight is 553 g/mol. The van der Waals surface area contributed by atoms with Gasteiger partial charge in [-0.25, -0.2) is 0 Å². The summed E-state index contributed by atoms with van der Waals surface area (Å²) in [7, 11) is 0. The summed E-state index contributed by atoms with van der Waals surface area (Å²) in [6.45, 7) is 10.6. The number of Topliss-reactive ketones (excluding diaryl/α,β-unsaturated/α-hetero) is 4. The number of aliphatic hydroxyl groups is 1. The zero-order valence-corrected chi connectivity index (χ0v) is 24.4. The molecule has 0 amide bonds. The predicted molar refractivity (Wildman–Crippen MR) is 155 cm³/mol. The highest BCUT2D eigenvalue weighted by atomic mass is 16.3. The van der Waals surface area contributed by atoms with Crippen LogP contribution in [0.2, 0.25) is 0 Å². The number of hydrogen-bond acceptors (Lipinski definition) is 6.